The van der Waals surface area contributed by atoms with Crippen molar-refractivity contribution >= 4 is 17.5 Å². The smallest absolute Gasteiger partial charge is 0.352 e. The van der Waals surface area contributed by atoms with Crippen molar-refractivity contribution in [3.8, 4) is 0 Å². The van der Waals surface area contributed by atoms with Gasteiger partial charge < -0.3 is 15.3 Å². The van der Waals surface area contributed by atoms with E-state index in [4.69, 9.17) is 0 Å². The molecule has 10 heteroatoms. The Morgan fingerprint density at radius 1 is 1.30 bits per heavy atom. The first-order chi connectivity index (χ1) is 14.1. The molecule has 1 aromatic heterocycles. The molecule has 0 saturated carbocycles. The maximum absolute atomic E-state index is 14.9. The normalized spacial score (nSPS) is 16.4. The second-order valence-electron chi connectivity index (χ2n) is 7.50. The molecule has 2 aromatic rings. The van der Waals surface area contributed by atoms with Gasteiger partial charge >= 0.3 is 5.92 Å². The third-order valence-electron chi connectivity index (χ3n) is 5.44. The number of carbonyl (C=O) groups is 2. The van der Waals surface area contributed by atoms with Crippen LogP contribution < -0.4 is 5.32 Å². The molecule has 0 spiro atoms. The van der Waals surface area contributed by atoms with Crippen molar-refractivity contribution in [1.82, 2.24) is 14.7 Å². The average molecular weight is 424 g/mol. The van der Waals surface area contributed by atoms with Crippen molar-refractivity contribution in [1.29, 1.82) is 0 Å². The Hall–Kier alpha value is -2.88. The van der Waals surface area contributed by atoms with Gasteiger partial charge in [-0.3, -0.25) is 14.3 Å². The lowest BCUT2D eigenvalue weighted by Gasteiger charge is -2.38. The summed E-state index contributed by atoms with van der Waals surface area (Å²) < 4.78 is 45.5. The summed E-state index contributed by atoms with van der Waals surface area (Å²) in [4.78, 5) is 25.7. The molecule has 1 aromatic carbocycles. The Kier molecular flexibility index (Phi) is 5.89. The van der Waals surface area contributed by atoms with E-state index in [9.17, 15) is 27.9 Å². The zero-order chi connectivity index (χ0) is 22.1. The molecule has 30 heavy (non-hydrogen) atoms. The quantitative estimate of drug-likeness (QED) is 0.773. The van der Waals surface area contributed by atoms with Gasteiger partial charge in [-0.25, -0.2) is 4.39 Å². The molecule has 0 radical (unpaired) electrons. The van der Waals surface area contributed by atoms with Crippen molar-refractivity contribution in [3.63, 3.8) is 0 Å². The average Bonchev–Trinajstić information content (AvgIpc) is 3.12. The number of anilines is 1. The molecule has 7 nitrogen and oxygen atoms in total. The van der Waals surface area contributed by atoms with Crippen molar-refractivity contribution in [2.45, 2.75) is 37.7 Å². The molecule has 1 fully saturated rings. The third-order valence-corrected chi connectivity index (χ3v) is 5.44. The number of piperidine rings is 1. The largest absolute Gasteiger partial charge is 0.390 e. The summed E-state index contributed by atoms with van der Waals surface area (Å²) in [5, 5.41) is 16.6. The first-order valence-electron chi connectivity index (χ1n) is 9.55. The van der Waals surface area contributed by atoms with E-state index in [2.05, 4.69) is 10.4 Å². The van der Waals surface area contributed by atoms with E-state index in [1.807, 2.05) is 0 Å². The molecule has 1 aliphatic rings. The van der Waals surface area contributed by atoms with E-state index in [0.29, 0.717) is 18.2 Å². The van der Waals surface area contributed by atoms with Gasteiger partial charge in [0.2, 0.25) is 0 Å². The topological polar surface area (TPSA) is 87.5 Å². The molecule has 2 amide bonds. The molecule has 0 atom stereocenters. The van der Waals surface area contributed by atoms with Gasteiger partial charge in [0.05, 0.1) is 23.0 Å². The number of nitrogens with one attached hydrogen (secondary N) is 1. The molecular formula is C20H23F3N4O3. The monoisotopic (exact) mass is 424 g/mol. The van der Waals surface area contributed by atoms with Gasteiger partial charge in [0, 0.05) is 31.9 Å². The number of aliphatic hydroxyl groups is 1. The van der Waals surface area contributed by atoms with Crippen LogP contribution in [-0.2, 0) is 17.8 Å². The van der Waals surface area contributed by atoms with E-state index < -0.39 is 34.7 Å². The predicted molar refractivity (Wildman–Crippen MR) is 103 cm³/mol. The zero-order valence-electron chi connectivity index (χ0n) is 16.7. The minimum absolute atomic E-state index is 0.0540. The van der Waals surface area contributed by atoms with E-state index >= 15 is 0 Å². The van der Waals surface area contributed by atoms with Crippen LogP contribution in [0.15, 0.2) is 30.6 Å². The lowest BCUT2D eigenvalue weighted by molar-refractivity contribution is -0.163. The van der Waals surface area contributed by atoms with Crippen molar-refractivity contribution in [2.24, 2.45) is 7.05 Å². The fourth-order valence-electron chi connectivity index (χ4n) is 3.39. The van der Waals surface area contributed by atoms with Crippen LogP contribution in [0.1, 0.15) is 42.1 Å². The molecule has 1 saturated heterocycles. The number of rotatable bonds is 5. The summed E-state index contributed by atoms with van der Waals surface area (Å²) >= 11 is 0. The van der Waals surface area contributed by atoms with Crippen LogP contribution in [0.5, 0.6) is 0 Å². The van der Waals surface area contributed by atoms with E-state index in [-0.39, 0.29) is 31.5 Å². The molecular weight excluding hydrogens is 401 g/mol. The summed E-state index contributed by atoms with van der Waals surface area (Å²) in [6.07, 6.45) is 3.67. The first kappa shape index (κ1) is 21.8. The number of aryl methyl sites for hydroxylation is 1. The highest BCUT2D eigenvalue weighted by Crippen LogP contribution is 2.35. The maximum Gasteiger partial charge on any atom is 0.352 e. The number of likely N-dealkylation sites (tertiary alicyclic amines) is 1. The number of carbonyl (C=O) groups excluding carboxylic acids is 2. The highest BCUT2D eigenvalue weighted by Gasteiger charge is 2.47. The standard InChI is InChI=1S/C20H23F3N4O3/c1-3-19(30)6-8-27(9-7-19)18(29)20(22,23)15-10-13(4-5-16(15)21)17(28)25-14-11-24-26(2)12-14/h4-5,10-12,30H,3,6-9H2,1-2H3,(H,25,28). The minimum atomic E-state index is -4.16. The van der Waals surface area contributed by atoms with Gasteiger partial charge in [-0.2, -0.15) is 13.9 Å². The summed E-state index contributed by atoms with van der Waals surface area (Å²) in [5.41, 5.74) is -2.03. The van der Waals surface area contributed by atoms with Gasteiger partial charge in [-0.1, -0.05) is 6.92 Å². The van der Waals surface area contributed by atoms with E-state index in [1.165, 1.54) is 17.1 Å². The Labute approximate surface area is 171 Å². The van der Waals surface area contributed by atoms with Crippen LogP contribution in [0, 0.1) is 5.82 Å². The third kappa shape index (κ3) is 4.33. The Bertz CT molecular complexity index is 953. The SMILES string of the molecule is CCC1(O)CCN(C(=O)C(F)(F)c2cc(C(=O)Nc3cnn(C)c3)ccc2F)CC1. The number of halogens is 3. The number of alkyl halides is 2. The van der Waals surface area contributed by atoms with Crippen LogP contribution in [-0.4, -0.2) is 50.3 Å². The van der Waals surface area contributed by atoms with Crippen LogP contribution >= 0.6 is 0 Å². The van der Waals surface area contributed by atoms with E-state index in [1.54, 1.807) is 14.0 Å². The van der Waals surface area contributed by atoms with Crippen LogP contribution in [0.3, 0.4) is 0 Å². The zero-order valence-corrected chi connectivity index (χ0v) is 16.7. The van der Waals surface area contributed by atoms with Gasteiger partial charge in [0.15, 0.2) is 0 Å². The predicted octanol–water partition coefficient (Wildman–Crippen LogP) is 2.67. The highest BCUT2D eigenvalue weighted by atomic mass is 19.3. The van der Waals surface area contributed by atoms with Gasteiger partial charge in [0.1, 0.15) is 5.82 Å². The van der Waals surface area contributed by atoms with Crippen molar-refractivity contribution in [3.05, 3.63) is 47.5 Å². The number of hydrogen-bond donors (Lipinski definition) is 2. The fourth-order valence-corrected chi connectivity index (χ4v) is 3.39. The highest BCUT2D eigenvalue weighted by molar-refractivity contribution is 6.04. The van der Waals surface area contributed by atoms with Gasteiger partial charge in [0.25, 0.3) is 11.8 Å². The lowest BCUT2D eigenvalue weighted by atomic mass is 9.88. The summed E-state index contributed by atoms with van der Waals surface area (Å²) in [7, 11) is 1.64. The van der Waals surface area contributed by atoms with E-state index in [0.717, 1.165) is 17.0 Å². The Balaban J connectivity index is 1.80. The number of amides is 2. The van der Waals surface area contributed by atoms with Crippen LogP contribution in [0.4, 0.5) is 18.9 Å². The lowest BCUT2D eigenvalue weighted by Crippen LogP contribution is -2.50. The van der Waals surface area contributed by atoms with Crippen LogP contribution in [0.25, 0.3) is 0 Å². The second-order valence-corrected chi connectivity index (χ2v) is 7.50. The summed E-state index contributed by atoms with van der Waals surface area (Å²) in [6, 6.07) is 2.49. The Morgan fingerprint density at radius 2 is 1.97 bits per heavy atom. The molecule has 2 heterocycles. The minimum Gasteiger partial charge on any atom is -0.390 e. The van der Waals surface area contributed by atoms with Gasteiger partial charge in [-0.05, 0) is 37.5 Å². The first-order valence-corrected chi connectivity index (χ1v) is 9.55. The number of benzene rings is 1. The number of aromatic nitrogens is 2. The van der Waals surface area contributed by atoms with Crippen LogP contribution in [0.2, 0.25) is 0 Å². The molecule has 0 aliphatic carbocycles. The second kappa shape index (κ2) is 8.10. The number of nitrogens with zero attached hydrogens (tertiary/aromatic N) is 3. The van der Waals surface area contributed by atoms with Crippen molar-refractivity contribution in [2.75, 3.05) is 18.4 Å². The molecule has 3 rings (SSSR count). The molecule has 162 valence electrons. The van der Waals surface area contributed by atoms with Gasteiger partial charge in [-0.15, -0.1) is 0 Å². The molecule has 1 aliphatic heterocycles. The maximum atomic E-state index is 14.9. The molecule has 2 N–H and O–H groups in total. The Morgan fingerprint density at radius 3 is 2.53 bits per heavy atom. The molecule has 0 unspecified atom stereocenters. The fraction of sp³-hybridized carbons (Fsp3) is 0.450. The summed E-state index contributed by atoms with van der Waals surface area (Å²) in [5.74, 6) is -7.73. The number of hydrogen-bond acceptors (Lipinski definition) is 4. The molecule has 0 bridgehead atoms. The van der Waals surface area contributed by atoms with Crippen molar-refractivity contribution < 1.29 is 27.9 Å². The summed E-state index contributed by atoms with van der Waals surface area (Å²) in [6.45, 7) is 1.67.